The molecular formula is C18H30O3. The topological polar surface area (TPSA) is 35.5 Å². The average Bonchev–Trinajstić information content (AvgIpc) is 3.18. The van der Waals surface area contributed by atoms with Gasteiger partial charge in [-0.05, 0) is 19.8 Å². The molecule has 3 heteroatoms. The van der Waals surface area contributed by atoms with Gasteiger partial charge in [0.2, 0.25) is 0 Å². The van der Waals surface area contributed by atoms with Crippen molar-refractivity contribution in [3.63, 3.8) is 0 Å². The maximum atomic E-state index is 11.2. The summed E-state index contributed by atoms with van der Waals surface area (Å²) in [5.74, 6) is 0.236. The molecule has 0 aliphatic heterocycles. The van der Waals surface area contributed by atoms with Crippen molar-refractivity contribution in [3.8, 4) is 0 Å². The lowest BCUT2D eigenvalue weighted by Gasteiger charge is -2.16. The van der Waals surface area contributed by atoms with Crippen molar-refractivity contribution < 1.29 is 14.3 Å². The number of hydrogen-bond acceptors (Lipinski definition) is 3. The van der Waals surface area contributed by atoms with Crippen molar-refractivity contribution in [3.05, 3.63) is 24.3 Å². The van der Waals surface area contributed by atoms with Crippen LogP contribution in [0.15, 0.2) is 24.3 Å². The van der Waals surface area contributed by atoms with Gasteiger partial charge in [-0.2, -0.15) is 0 Å². The zero-order valence-corrected chi connectivity index (χ0v) is 13.6. The minimum atomic E-state index is -0.298. The van der Waals surface area contributed by atoms with Crippen LogP contribution in [0.25, 0.3) is 0 Å². The SMILES string of the molecule is C=C1C[C@H]1[C@@H](CCCCCCC)OC/C=C/C(=O)OCC. The van der Waals surface area contributed by atoms with E-state index in [-0.39, 0.29) is 12.1 Å². The Balaban J connectivity index is 2.21. The first-order valence-corrected chi connectivity index (χ1v) is 8.31. The first-order valence-electron chi connectivity index (χ1n) is 8.31. The summed E-state index contributed by atoms with van der Waals surface area (Å²) in [6.07, 6.45) is 12.1. The highest BCUT2D eigenvalue weighted by Crippen LogP contribution is 2.41. The van der Waals surface area contributed by atoms with E-state index in [1.807, 2.05) is 0 Å². The predicted octanol–water partition coefficient (Wildman–Crippen LogP) is 4.43. The Bertz CT molecular complexity index is 346. The van der Waals surface area contributed by atoms with Gasteiger partial charge in [-0.25, -0.2) is 4.79 Å². The van der Waals surface area contributed by atoms with Gasteiger partial charge in [0.05, 0.1) is 19.3 Å². The fourth-order valence-electron chi connectivity index (χ4n) is 2.48. The van der Waals surface area contributed by atoms with E-state index in [4.69, 9.17) is 9.47 Å². The Morgan fingerprint density at radius 1 is 1.33 bits per heavy atom. The van der Waals surface area contributed by atoms with Crippen molar-refractivity contribution in [1.29, 1.82) is 0 Å². The van der Waals surface area contributed by atoms with Gasteiger partial charge in [0.1, 0.15) is 0 Å². The molecule has 0 aromatic heterocycles. The smallest absolute Gasteiger partial charge is 0.330 e. The van der Waals surface area contributed by atoms with Gasteiger partial charge in [0.25, 0.3) is 0 Å². The summed E-state index contributed by atoms with van der Waals surface area (Å²) >= 11 is 0. The molecule has 1 aliphatic rings. The van der Waals surface area contributed by atoms with Crippen LogP contribution in [0, 0.1) is 5.92 Å². The molecular weight excluding hydrogens is 264 g/mol. The largest absolute Gasteiger partial charge is 0.463 e. The number of hydrogen-bond donors (Lipinski definition) is 0. The average molecular weight is 294 g/mol. The molecule has 0 saturated heterocycles. The van der Waals surface area contributed by atoms with E-state index in [0.717, 1.165) is 12.8 Å². The summed E-state index contributed by atoms with van der Waals surface area (Å²) in [6, 6.07) is 0. The maximum Gasteiger partial charge on any atom is 0.330 e. The second-order valence-electron chi connectivity index (χ2n) is 5.70. The van der Waals surface area contributed by atoms with E-state index in [1.165, 1.54) is 43.8 Å². The molecule has 2 atom stereocenters. The van der Waals surface area contributed by atoms with E-state index in [2.05, 4.69) is 13.5 Å². The van der Waals surface area contributed by atoms with Crippen LogP contribution < -0.4 is 0 Å². The molecule has 3 nitrogen and oxygen atoms in total. The van der Waals surface area contributed by atoms with Gasteiger partial charge in [-0.15, -0.1) is 0 Å². The summed E-state index contributed by atoms with van der Waals surface area (Å²) in [4.78, 5) is 11.2. The zero-order chi connectivity index (χ0) is 15.5. The predicted molar refractivity (Wildman–Crippen MR) is 86.1 cm³/mol. The second-order valence-corrected chi connectivity index (χ2v) is 5.70. The van der Waals surface area contributed by atoms with Crippen LogP contribution >= 0.6 is 0 Å². The molecule has 0 unspecified atom stereocenters. The quantitative estimate of drug-likeness (QED) is 0.231. The normalized spacial score (nSPS) is 19.0. The number of ether oxygens (including phenoxy) is 2. The summed E-state index contributed by atoms with van der Waals surface area (Å²) < 4.78 is 10.7. The van der Waals surface area contributed by atoms with E-state index in [0.29, 0.717) is 19.1 Å². The van der Waals surface area contributed by atoms with Crippen LogP contribution in [-0.4, -0.2) is 25.3 Å². The summed E-state index contributed by atoms with van der Waals surface area (Å²) in [6.45, 7) is 8.95. The summed E-state index contributed by atoms with van der Waals surface area (Å²) in [7, 11) is 0. The van der Waals surface area contributed by atoms with Gasteiger partial charge in [-0.1, -0.05) is 57.3 Å². The van der Waals surface area contributed by atoms with Crippen LogP contribution in [0.5, 0.6) is 0 Å². The number of carbonyl (C=O) groups is 1. The zero-order valence-electron chi connectivity index (χ0n) is 13.6. The highest BCUT2D eigenvalue weighted by atomic mass is 16.5. The number of carbonyl (C=O) groups excluding carboxylic acids is 1. The van der Waals surface area contributed by atoms with E-state index in [9.17, 15) is 4.79 Å². The fourth-order valence-corrected chi connectivity index (χ4v) is 2.48. The van der Waals surface area contributed by atoms with Crippen molar-refractivity contribution in [1.82, 2.24) is 0 Å². The maximum absolute atomic E-state index is 11.2. The Kier molecular flexibility index (Phi) is 9.07. The third-order valence-electron chi connectivity index (χ3n) is 3.83. The molecule has 21 heavy (non-hydrogen) atoms. The Morgan fingerprint density at radius 2 is 2.05 bits per heavy atom. The highest BCUT2D eigenvalue weighted by Gasteiger charge is 2.35. The lowest BCUT2D eigenvalue weighted by molar-refractivity contribution is -0.137. The third kappa shape index (κ3) is 8.05. The Morgan fingerprint density at radius 3 is 2.67 bits per heavy atom. The molecule has 0 amide bonds. The molecule has 0 spiro atoms. The van der Waals surface area contributed by atoms with Crippen LogP contribution in [0.3, 0.4) is 0 Å². The van der Waals surface area contributed by atoms with Crippen LogP contribution in [0.1, 0.15) is 58.8 Å². The van der Waals surface area contributed by atoms with Gasteiger partial charge in [0, 0.05) is 12.0 Å². The van der Waals surface area contributed by atoms with Crippen molar-refractivity contribution >= 4 is 5.97 Å². The van der Waals surface area contributed by atoms with Gasteiger partial charge >= 0.3 is 5.97 Å². The van der Waals surface area contributed by atoms with Crippen LogP contribution in [0.4, 0.5) is 0 Å². The molecule has 0 bridgehead atoms. The Labute approximate surface area is 129 Å². The minimum Gasteiger partial charge on any atom is -0.463 e. The molecule has 0 N–H and O–H groups in total. The van der Waals surface area contributed by atoms with Crippen LogP contribution in [-0.2, 0) is 14.3 Å². The van der Waals surface area contributed by atoms with Crippen LogP contribution in [0.2, 0.25) is 0 Å². The highest BCUT2D eigenvalue weighted by molar-refractivity contribution is 5.81. The van der Waals surface area contributed by atoms with E-state index in [1.54, 1.807) is 13.0 Å². The first kappa shape index (κ1) is 18.0. The van der Waals surface area contributed by atoms with Crippen molar-refractivity contribution in [2.75, 3.05) is 13.2 Å². The standard InChI is InChI=1S/C18H30O3/c1-4-6-7-8-9-11-17(16-14-15(16)3)21-13-10-12-18(19)20-5-2/h10,12,16-17H,3-9,11,13-14H2,1-2H3/b12-10+/t16-,17-/m1/s1. The van der Waals surface area contributed by atoms with Gasteiger partial charge < -0.3 is 9.47 Å². The van der Waals surface area contributed by atoms with Gasteiger partial charge in [-0.3, -0.25) is 0 Å². The molecule has 1 saturated carbocycles. The lowest BCUT2D eigenvalue weighted by atomic mass is 10.0. The number of esters is 1. The Hall–Kier alpha value is -1.09. The van der Waals surface area contributed by atoms with E-state index >= 15 is 0 Å². The van der Waals surface area contributed by atoms with E-state index < -0.39 is 0 Å². The molecule has 1 aliphatic carbocycles. The molecule has 1 rings (SSSR count). The minimum absolute atomic E-state index is 0.269. The number of rotatable bonds is 12. The summed E-state index contributed by atoms with van der Waals surface area (Å²) in [5.41, 5.74) is 1.31. The molecule has 1 fully saturated rings. The summed E-state index contributed by atoms with van der Waals surface area (Å²) in [5, 5.41) is 0. The van der Waals surface area contributed by atoms with Gasteiger partial charge in [0.15, 0.2) is 0 Å². The monoisotopic (exact) mass is 294 g/mol. The second kappa shape index (κ2) is 10.6. The molecule has 0 aromatic rings. The first-order chi connectivity index (χ1) is 10.2. The van der Waals surface area contributed by atoms with Crippen molar-refractivity contribution in [2.45, 2.75) is 64.9 Å². The molecule has 0 radical (unpaired) electrons. The lowest BCUT2D eigenvalue weighted by Crippen LogP contribution is -2.16. The van der Waals surface area contributed by atoms with Crippen molar-refractivity contribution in [2.24, 2.45) is 5.92 Å². The molecule has 0 aromatic carbocycles. The molecule has 120 valence electrons. The number of unbranched alkanes of at least 4 members (excludes halogenated alkanes) is 4. The third-order valence-corrected chi connectivity index (χ3v) is 3.83. The molecule has 0 heterocycles. The fraction of sp³-hybridized carbons (Fsp3) is 0.722.